The van der Waals surface area contributed by atoms with E-state index in [9.17, 15) is 14.7 Å². The van der Waals surface area contributed by atoms with Gasteiger partial charge in [-0.3, -0.25) is 9.59 Å². The van der Waals surface area contributed by atoms with E-state index < -0.39 is 17.7 Å². The van der Waals surface area contributed by atoms with Crippen molar-refractivity contribution in [1.82, 2.24) is 4.90 Å². The Kier molecular flexibility index (Phi) is 3.57. The van der Waals surface area contributed by atoms with E-state index in [2.05, 4.69) is 0 Å². The fraction of sp³-hybridized carbons (Fsp3) is 0.429. The van der Waals surface area contributed by atoms with Crippen LogP contribution in [-0.4, -0.2) is 41.6 Å². The minimum Gasteiger partial charge on any atom is -0.449 e. The SMILES string of the molecule is CC(=O)OC1C(=O)N(C)CCC1(O)c1ccccc1. The number of carbonyl (C=O) groups is 2. The number of aliphatic hydroxyl groups is 1. The van der Waals surface area contributed by atoms with Crippen LogP contribution in [0.5, 0.6) is 0 Å². The van der Waals surface area contributed by atoms with Crippen molar-refractivity contribution >= 4 is 11.9 Å². The number of benzene rings is 1. The molecule has 102 valence electrons. The molecule has 1 heterocycles. The Morgan fingerprint density at radius 2 is 2.05 bits per heavy atom. The first kappa shape index (κ1) is 13.5. The third kappa shape index (κ3) is 2.46. The molecule has 0 saturated carbocycles. The molecule has 2 unspecified atom stereocenters. The molecule has 1 aliphatic rings. The summed E-state index contributed by atoms with van der Waals surface area (Å²) in [5.74, 6) is -0.962. The van der Waals surface area contributed by atoms with Crippen molar-refractivity contribution < 1.29 is 19.4 Å². The smallest absolute Gasteiger partial charge is 0.303 e. The average molecular weight is 263 g/mol. The molecule has 1 fully saturated rings. The Labute approximate surface area is 111 Å². The zero-order valence-electron chi connectivity index (χ0n) is 11.0. The number of amides is 1. The molecule has 1 N–H and O–H groups in total. The highest BCUT2D eigenvalue weighted by molar-refractivity contribution is 5.85. The fourth-order valence-corrected chi connectivity index (χ4v) is 2.32. The summed E-state index contributed by atoms with van der Waals surface area (Å²) in [4.78, 5) is 24.8. The quantitative estimate of drug-likeness (QED) is 0.796. The van der Waals surface area contributed by atoms with E-state index in [4.69, 9.17) is 4.74 Å². The number of ether oxygens (including phenoxy) is 1. The van der Waals surface area contributed by atoms with Gasteiger partial charge in [0.05, 0.1) is 0 Å². The average Bonchev–Trinajstić information content (AvgIpc) is 2.40. The lowest BCUT2D eigenvalue weighted by molar-refractivity contribution is -0.187. The van der Waals surface area contributed by atoms with Crippen molar-refractivity contribution in [1.29, 1.82) is 0 Å². The number of likely N-dealkylation sites (N-methyl/N-ethyl adjacent to an activating group) is 1. The van der Waals surface area contributed by atoms with E-state index in [0.29, 0.717) is 18.5 Å². The first-order valence-electron chi connectivity index (χ1n) is 6.15. The molecule has 0 aliphatic carbocycles. The minimum atomic E-state index is -1.46. The van der Waals surface area contributed by atoms with E-state index in [1.807, 2.05) is 6.07 Å². The highest BCUT2D eigenvalue weighted by Crippen LogP contribution is 2.35. The number of hydrogen-bond acceptors (Lipinski definition) is 4. The number of carbonyl (C=O) groups excluding carboxylic acids is 2. The highest BCUT2D eigenvalue weighted by atomic mass is 16.6. The van der Waals surface area contributed by atoms with E-state index in [1.165, 1.54) is 11.8 Å². The molecular formula is C14H17NO4. The van der Waals surface area contributed by atoms with Gasteiger partial charge < -0.3 is 14.7 Å². The molecule has 1 aromatic rings. The molecular weight excluding hydrogens is 246 g/mol. The summed E-state index contributed by atoms with van der Waals surface area (Å²) >= 11 is 0. The van der Waals surface area contributed by atoms with E-state index >= 15 is 0 Å². The van der Waals surface area contributed by atoms with Crippen molar-refractivity contribution in [3.05, 3.63) is 35.9 Å². The molecule has 0 radical (unpaired) electrons. The fourth-order valence-electron chi connectivity index (χ4n) is 2.32. The summed E-state index contributed by atoms with van der Waals surface area (Å²) in [5.41, 5.74) is -0.876. The number of rotatable bonds is 2. The van der Waals surface area contributed by atoms with Gasteiger partial charge in [-0.05, 0) is 5.56 Å². The molecule has 0 aromatic heterocycles. The summed E-state index contributed by atoms with van der Waals surface area (Å²) in [6.07, 6.45) is -0.858. The predicted molar refractivity (Wildman–Crippen MR) is 68.1 cm³/mol. The summed E-state index contributed by atoms with van der Waals surface area (Å²) in [5, 5.41) is 10.8. The molecule has 0 spiro atoms. The first-order valence-corrected chi connectivity index (χ1v) is 6.15. The number of nitrogens with zero attached hydrogens (tertiary/aromatic N) is 1. The third-order valence-corrected chi connectivity index (χ3v) is 3.42. The zero-order chi connectivity index (χ0) is 14.0. The Balaban J connectivity index is 2.40. The van der Waals surface area contributed by atoms with Gasteiger partial charge in [0.15, 0.2) is 0 Å². The van der Waals surface area contributed by atoms with Crippen LogP contribution in [-0.2, 0) is 19.9 Å². The second kappa shape index (κ2) is 5.01. The Morgan fingerprint density at radius 3 is 2.63 bits per heavy atom. The third-order valence-electron chi connectivity index (χ3n) is 3.42. The monoisotopic (exact) mass is 263 g/mol. The van der Waals surface area contributed by atoms with Gasteiger partial charge >= 0.3 is 5.97 Å². The molecule has 5 nitrogen and oxygen atoms in total. The Morgan fingerprint density at radius 1 is 1.42 bits per heavy atom. The van der Waals surface area contributed by atoms with Crippen LogP contribution >= 0.6 is 0 Å². The van der Waals surface area contributed by atoms with E-state index in [1.54, 1.807) is 31.3 Å². The number of hydrogen-bond donors (Lipinski definition) is 1. The Hall–Kier alpha value is -1.88. The van der Waals surface area contributed by atoms with Crippen molar-refractivity contribution in [3.63, 3.8) is 0 Å². The zero-order valence-corrected chi connectivity index (χ0v) is 11.0. The van der Waals surface area contributed by atoms with Crippen LogP contribution in [0.4, 0.5) is 0 Å². The largest absolute Gasteiger partial charge is 0.449 e. The van der Waals surface area contributed by atoms with Gasteiger partial charge in [0.1, 0.15) is 5.60 Å². The maximum atomic E-state index is 12.1. The summed E-state index contributed by atoms with van der Waals surface area (Å²) in [6.45, 7) is 1.65. The normalized spacial score (nSPS) is 27.2. The second-order valence-corrected chi connectivity index (χ2v) is 4.79. The van der Waals surface area contributed by atoms with Crippen LogP contribution in [0.1, 0.15) is 18.9 Å². The topological polar surface area (TPSA) is 66.8 Å². The predicted octanol–water partition coefficient (Wildman–Crippen LogP) is 0.668. The van der Waals surface area contributed by atoms with Crippen LogP contribution in [0, 0.1) is 0 Å². The van der Waals surface area contributed by atoms with Gasteiger partial charge in [-0.25, -0.2) is 0 Å². The summed E-state index contributed by atoms with van der Waals surface area (Å²) in [6, 6.07) is 8.84. The lowest BCUT2D eigenvalue weighted by Crippen LogP contribution is -2.57. The molecule has 5 heteroatoms. The summed E-state index contributed by atoms with van der Waals surface area (Å²) < 4.78 is 5.06. The van der Waals surface area contributed by atoms with E-state index in [-0.39, 0.29) is 5.91 Å². The van der Waals surface area contributed by atoms with Crippen LogP contribution in [0.15, 0.2) is 30.3 Å². The maximum Gasteiger partial charge on any atom is 0.303 e. The molecule has 1 amide bonds. The van der Waals surface area contributed by atoms with Gasteiger partial charge in [0, 0.05) is 26.9 Å². The van der Waals surface area contributed by atoms with Crippen LogP contribution < -0.4 is 0 Å². The number of esters is 1. The van der Waals surface area contributed by atoms with Crippen LogP contribution in [0.3, 0.4) is 0 Å². The minimum absolute atomic E-state index is 0.331. The van der Waals surface area contributed by atoms with Gasteiger partial charge in [-0.1, -0.05) is 30.3 Å². The van der Waals surface area contributed by atoms with Crippen molar-refractivity contribution in [2.75, 3.05) is 13.6 Å². The van der Waals surface area contributed by atoms with Crippen LogP contribution in [0.2, 0.25) is 0 Å². The second-order valence-electron chi connectivity index (χ2n) is 4.79. The van der Waals surface area contributed by atoms with E-state index in [0.717, 1.165) is 0 Å². The number of piperidine rings is 1. The first-order chi connectivity index (χ1) is 8.95. The molecule has 19 heavy (non-hydrogen) atoms. The molecule has 2 atom stereocenters. The molecule has 1 aliphatic heterocycles. The molecule has 2 rings (SSSR count). The molecule has 1 aromatic carbocycles. The van der Waals surface area contributed by atoms with Gasteiger partial charge in [-0.2, -0.15) is 0 Å². The Bertz CT molecular complexity index is 487. The maximum absolute atomic E-state index is 12.1. The van der Waals surface area contributed by atoms with Gasteiger partial charge in [0.25, 0.3) is 5.91 Å². The molecule has 0 bridgehead atoms. The van der Waals surface area contributed by atoms with Crippen molar-refractivity contribution in [2.24, 2.45) is 0 Å². The van der Waals surface area contributed by atoms with Crippen molar-refractivity contribution in [2.45, 2.75) is 25.0 Å². The summed E-state index contributed by atoms with van der Waals surface area (Å²) in [7, 11) is 1.63. The van der Waals surface area contributed by atoms with Gasteiger partial charge in [0.2, 0.25) is 6.10 Å². The van der Waals surface area contributed by atoms with Crippen molar-refractivity contribution in [3.8, 4) is 0 Å². The lowest BCUT2D eigenvalue weighted by atomic mass is 9.81. The standard InChI is InChI=1S/C14H17NO4/c1-10(16)19-12-13(17)15(2)9-8-14(12,18)11-6-4-3-5-7-11/h3-7,12,18H,8-9H2,1-2H3. The molecule has 1 saturated heterocycles. The van der Waals surface area contributed by atoms with Gasteiger partial charge in [-0.15, -0.1) is 0 Å². The van der Waals surface area contributed by atoms with Crippen LogP contribution in [0.25, 0.3) is 0 Å². The highest BCUT2D eigenvalue weighted by Gasteiger charge is 2.49. The number of likely N-dealkylation sites (tertiary alicyclic amines) is 1. The lowest BCUT2D eigenvalue weighted by Gasteiger charge is -2.41.